The third-order valence-corrected chi connectivity index (χ3v) is 2.95. The van der Waals surface area contributed by atoms with Crippen molar-refractivity contribution >= 4 is 29.5 Å². The Bertz CT molecular complexity index is 370. The van der Waals surface area contributed by atoms with Crippen molar-refractivity contribution in [2.45, 2.75) is 45.0 Å². The third-order valence-electron chi connectivity index (χ3n) is 1.88. The zero-order valence-corrected chi connectivity index (χ0v) is 12.1. The van der Waals surface area contributed by atoms with E-state index in [0.29, 0.717) is 0 Å². The van der Waals surface area contributed by atoms with Crippen LogP contribution in [0.25, 0.3) is 5.53 Å². The zero-order valence-electron chi connectivity index (χ0n) is 11.3. The zero-order chi connectivity index (χ0) is 14.3. The van der Waals surface area contributed by atoms with Crippen molar-refractivity contribution in [3.05, 3.63) is 5.53 Å². The van der Waals surface area contributed by atoms with Gasteiger partial charge in [0.05, 0.1) is 11.7 Å². The molecule has 0 aromatic rings. The maximum Gasteiger partial charge on any atom is 0.506 e. The van der Waals surface area contributed by atoms with Gasteiger partial charge in [-0.15, -0.1) is 0 Å². The molecule has 0 spiro atoms. The minimum Gasteiger partial charge on any atom is -0.498 e. The summed E-state index contributed by atoms with van der Waals surface area (Å²) in [6.07, 6.45) is 1.21. The Morgan fingerprint density at radius 1 is 1.44 bits per heavy atom. The highest BCUT2D eigenvalue weighted by atomic mass is 32.2. The number of rotatable bonds is 4. The Morgan fingerprint density at radius 2 is 2.00 bits per heavy atom. The molecular formula is C11H19N3O3S. The smallest absolute Gasteiger partial charge is 0.498 e. The molecule has 0 heterocycles. The number of carbonyl (C=O) groups is 2. The van der Waals surface area contributed by atoms with E-state index in [4.69, 9.17) is 10.3 Å². The van der Waals surface area contributed by atoms with Gasteiger partial charge in [-0.05, 0) is 34.0 Å². The Morgan fingerprint density at radius 3 is 2.33 bits per heavy atom. The van der Waals surface area contributed by atoms with Gasteiger partial charge in [-0.1, -0.05) is 0 Å². The minimum atomic E-state index is -0.710. The van der Waals surface area contributed by atoms with Crippen LogP contribution in [-0.2, 0) is 9.53 Å². The topological polar surface area (TPSA) is 91.8 Å². The molecule has 102 valence electrons. The van der Waals surface area contributed by atoms with Gasteiger partial charge in [-0.25, -0.2) is 0 Å². The molecular weight excluding hydrogens is 254 g/mol. The summed E-state index contributed by atoms with van der Waals surface area (Å²) in [6, 6.07) is 0. The second kappa shape index (κ2) is 7.18. The van der Waals surface area contributed by atoms with E-state index in [2.05, 4.69) is 10.1 Å². The fourth-order valence-corrected chi connectivity index (χ4v) is 1.76. The summed E-state index contributed by atoms with van der Waals surface area (Å²) in [4.78, 5) is 25.7. The van der Waals surface area contributed by atoms with Crippen LogP contribution in [0.1, 0.15) is 34.1 Å². The van der Waals surface area contributed by atoms with E-state index in [1.165, 1.54) is 18.7 Å². The first-order valence-electron chi connectivity index (χ1n) is 5.43. The number of hydrogen-bond donors (Lipinski definition) is 1. The summed E-state index contributed by atoms with van der Waals surface area (Å²) in [5.41, 5.74) is 8.16. The summed E-state index contributed by atoms with van der Waals surface area (Å²) in [5, 5.41) is 1.96. The van der Waals surface area contributed by atoms with E-state index in [1.54, 1.807) is 27.0 Å². The molecule has 0 saturated carbocycles. The molecule has 18 heavy (non-hydrogen) atoms. The molecule has 0 fully saturated rings. The second-order valence-corrected chi connectivity index (χ2v) is 5.75. The molecule has 1 amide bonds. The first-order chi connectivity index (χ1) is 8.19. The van der Waals surface area contributed by atoms with Crippen LogP contribution in [0.4, 0.5) is 4.79 Å². The highest BCUT2D eigenvalue weighted by Gasteiger charge is 2.26. The van der Waals surface area contributed by atoms with E-state index in [1.807, 2.05) is 0 Å². The van der Waals surface area contributed by atoms with Gasteiger partial charge in [0, 0.05) is 0 Å². The van der Waals surface area contributed by atoms with Crippen LogP contribution >= 0.6 is 11.8 Å². The van der Waals surface area contributed by atoms with Crippen molar-refractivity contribution in [1.29, 1.82) is 0 Å². The van der Waals surface area contributed by atoms with Crippen LogP contribution in [0.15, 0.2) is 0 Å². The number of thioether (sulfide) groups is 1. The van der Waals surface area contributed by atoms with Gasteiger partial charge in [-0.2, -0.15) is 21.9 Å². The van der Waals surface area contributed by atoms with Crippen molar-refractivity contribution in [2.24, 2.45) is 0 Å². The molecule has 0 aliphatic carbocycles. The number of amides is 1. The van der Waals surface area contributed by atoms with E-state index < -0.39 is 11.7 Å². The van der Waals surface area contributed by atoms with Crippen molar-refractivity contribution in [3.8, 4) is 0 Å². The number of nitrogens with one attached hydrogen (secondary N) is 1. The number of hydrogen-bond acceptors (Lipinski definition) is 4. The summed E-state index contributed by atoms with van der Waals surface area (Å²) in [5.74, 6) is -0.0339. The van der Waals surface area contributed by atoms with E-state index in [9.17, 15) is 9.59 Å². The molecule has 0 saturated heterocycles. The number of Topliss-reactive ketones (excluding diaryl/α,β-unsaturated/α-hetero) is 1. The molecule has 0 aliphatic rings. The van der Waals surface area contributed by atoms with Gasteiger partial charge in [0.1, 0.15) is 11.4 Å². The van der Waals surface area contributed by atoms with Gasteiger partial charge in [0.25, 0.3) is 0 Å². The number of carbonyl (C=O) groups excluding carboxylic acids is 2. The normalized spacial score (nSPS) is 12.3. The summed E-state index contributed by atoms with van der Waals surface area (Å²) < 4.78 is 5.01. The van der Waals surface area contributed by atoms with E-state index in [-0.39, 0.29) is 23.3 Å². The van der Waals surface area contributed by atoms with Crippen molar-refractivity contribution in [3.63, 3.8) is 0 Å². The van der Waals surface area contributed by atoms with Crippen LogP contribution in [-0.4, -0.2) is 39.6 Å². The first kappa shape index (κ1) is 16.7. The average molecular weight is 273 g/mol. The lowest BCUT2D eigenvalue weighted by atomic mass is 10.2. The predicted octanol–water partition coefficient (Wildman–Crippen LogP) is 1.85. The Labute approximate surface area is 111 Å². The van der Waals surface area contributed by atoms with Crippen molar-refractivity contribution < 1.29 is 19.1 Å². The average Bonchev–Trinajstić information content (AvgIpc) is 2.20. The van der Waals surface area contributed by atoms with Gasteiger partial charge < -0.3 is 15.1 Å². The molecule has 1 unspecified atom stereocenters. The Hall–Kier alpha value is -1.33. The van der Waals surface area contributed by atoms with Gasteiger partial charge in [-0.3, -0.25) is 4.79 Å². The fourth-order valence-electron chi connectivity index (χ4n) is 1.11. The SMILES string of the molecule is CSC(CC(=[N+]=[N-])NC(=O)OC(C)(C)C)C(C)=O. The summed E-state index contributed by atoms with van der Waals surface area (Å²) in [6.45, 7) is 6.62. The van der Waals surface area contributed by atoms with Gasteiger partial charge in [0.15, 0.2) is 0 Å². The largest absolute Gasteiger partial charge is 0.506 e. The maximum absolute atomic E-state index is 11.5. The molecule has 1 N–H and O–H groups in total. The van der Waals surface area contributed by atoms with Crippen LogP contribution in [0.2, 0.25) is 0 Å². The molecule has 7 heteroatoms. The number of alkyl carbamates (subject to hydrolysis) is 1. The van der Waals surface area contributed by atoms with E-state index in [0.717, 1.165) is 0 Å². The standard InChI is InChI=1S/C11H19N3O3S/c1-7(15)8(18-5)6-9(14-12)13-10(16)17-11(2,3)4/h8H,6H2,1-5H3,(H,13,16). The predicted molar refractivity (Wildman–Crippen MR) is 70.6 cm³/mol. The molecule has 0 aromatic carbocycles. The molecule has 0 radical (unpaired) electrons. The van der Waals surface area contributed by atoms with Crippen LogP contribution in [0.5, 0.6) is 0 Å². The molecule has 0 bridgehead atoms. The number of ketones is 1. The van der Waals surface area contributed by atoms with Crippen LogP contribution in [0, 0.1) is 0 Å². The van der Waals surface area contributed by atoms with Gasteiger partial charge in [0.2, 0.25) is 0 Å². The van der Waals surface area contributed by atoms with E-state index >= 15 is 0 Å². The molecule has 0 aromatic heterocycles. The lowest BCUT2D eigenvalue weighted by molar-refractivity contribution is -0.116. The lowest BCUT2D eigenvalue weighted by Gasteiger charge is -2.17. The highest BCUT2D eigenvalue weighted by molar-refractivity contribution is 7.99. The number of ether oxygens (including phenoxy) is 1. The fraction of sp³-hybridized carbons (Fsp3) is 0.727. The Balaban J connectivity index is 4.51. The maximum atomic E-state index is 11.5. The minimum absolute atomic E-state index is 0.0128. The summed E-state index contributed by atoms with van der Waals surface area (Å²) in [7, 11) is 0. The Kier molecular flexibility index (Phi) is 6.65. The first-order valence-corrected chi connectivity index (χ1v) is 6.72. The molecule has 0 rings (SSSR count). The highest BCUT2D eigenvalue weighted by Crippen LogP contribution is 2.12. The van der Waals surface area contributed by atoms with Crippen LogP contribution in [0.3, 0.4) is 0 Å². The van der Waals surface area contributed by atoms with Crippen molar-refractivity contribution in [2.75, 3.05) is 6.26 Å². The summed E-state index contributed by atoms with van der Waals surface area (Å²) >= 11 is 1.33. The number of amidine groups is 1. The van der Waals surface area contributed by atoms with Crippen LogP contribution < -0.4 is 5.32 Å². The quantitative estimate of drug-likeness (QED) is 0.366. The molecule has 1 atom stereocenters. The molecule has 6 nitrogen and oxygen atoms in total. The third kappa shape index (κ3) is 7.09. The second-order valence-electron chi connectivity index (χ2n) is 4.71. The lowest BCUT2D eigenvalue weighted by Crippen LogP contribution is -2.38. The monoisotopic (exact) mass is 273 g/mol. The van der Waals surface area contributed by atoms with Gasteiger partial charge >= 0.3 is 11.9 Å². The number of nitrogens with zero attached hydrogens (tertiary/aromatic N) is 2. The van der Waals surface area contributed by atoms with Crippen molar-refractivity contribution in [1.82, 2.24) is 5.32 Å². The molecule has 0 aliphatic heterocycles.